The number of nitrogens with zero attached hydrogens (tertiary/aromatic N) is 1. The van der Waals surface area contributed by atoms with Gasteiger partial charge in [0.1, 0.15) is 5.75 Å². The number of nitrogens with one attached hydrogen (secondary N) is 1. The topological polar surface area (TPSA) is 93.8 Å². The fraction of sp³-hybridized carbons (Fsp3) is 0.188. The van der Waals surface area contributed by atoms with Crippen molar-refractivity contribution in [2.24, 2.45) is 10.7 Å². The number of benzene rings is 2. The summed E-state index contributed by atoms with van der Waals surface area (Å²) in [5.41, 5.74) is 6.91. The van der Waals surface area contributed by atoms with E-state index in [-0.39, 0.29) is 23.1 Å². The fourth-order valence-corrected chi connectivity index (χ4v) is 2.58. The molecule has 0 fully saturated rings. The lowest BCUT2D eigenvalue weighted by atomic mass is 10.2. The van der Waals surface area contributed by atoms with Gasteiger partial charge in [0.15, 0.2) is 15.8 Å². The zero-order valence-electron chi connectivity index (χ0n) is 13.6. The number of aliphatic imine (C=N–C) groups is 1. The summed E-state index contributed by atoms with van der Waals surface area (Å²) in [5, 5.41) is 2.73. The second kappa shape index (κ2) is 7.65. The largest absolute Gasteiger partial charge is 0.573 e. The van der Waals surface area contributed by atoms with Crippen molar-refractivity contribution in [1.29, 1.82) is 0 Å². The van der Waals surface area contributed by atoms with Crippen molar-refractivity contribution in [3.05, 3.63) is 54.1 Å². The molecule has 0 heterocycles. The Kier molecular flexibility index (Phi) is 5.76. The third-order valence-corrected chi connectivity index (χ3v) is 4.27. The van der Waals surface area contributed by atoms with Gasteiger partial charge in [-0.05, 0) is 42.0 Å². The first-order valence-corrected chi connectivity index (χ1v) is 9.14. The minimum atomic E-state index is -4.75. The Morgan fingerprint density at radius 3 is 2.19 bits per heavy atom. The van der Waals surface area contributed by atoms with Crippen LogP contribution in [0.4, 0.5) is 18.9 Å². The average Bonchev–Trinajstić information content (AvgIpc) is 2.53. The predicted molar refractivity (Wildman–Crippen MR) is 91.6 cm³/mol. The molecule has 0 amide bonds. The molecule has 0 aromatic heterocycles. The molecule has 0 bridgehead atoms. The maximum Gasteiger partial charge on any atom is 0.573 e. The number of hydrogen-bond donors (Lipinski definition) is 2. The highest BCUT2D eigenvalue weighted by Gasteiger charge is 2.30. The van der Waals surface area contributed by atoms with E-state index in [1.807, 2.05) is 0 Å². The van der Waals surface area contributed by atoms with E-state index in [1.165, 1.54) is 24.3 Å². The highest BCUT2D eigenvalue weighted by atomic mass is 32.2. The van der Waals surface area contributed by atoms with Gasteiger partial charge in [-0.3, -0.25) is 0 Å². The molecule has 26 heavy (non-hydrogen) atoms. The molecule has 0 unspecified atom stereocenters. The van der Waals surface area contributed by atoms with E-state index in [1.54, 1.807) is 12.1 Å². The first-order valence-electron chi connectivity index (χ1n) is 7.25. The third-order valence-electron chi connectivity index (χ3n) is 3.14. The van der Waals surface area contributed by atoms with Crippen LogP contribution in [0.5, 0.6) is 5.75 Å². The van der Waals surface area contributed by atoms with Crippen LogP contribution in [0.25, 0.3) is 0 Å². The maximum atomic E-state index is 12.1. The minimum Gasteiger partial charge on any atom is -0.406 e. The summed E-state index contributed by atoms with van der Waals surface area (Å²) in [6.07, 6.45) is -3.63. The molecule has 0 aliphatic rings. The molecule has 2 rings (SSSR count). The number of alkyl halides is 3. The van der Waals surface area contributed by atoms with E-state index in [0.717, 1.165) is 24.0 Å². The molecule has 10 heteroatoms. The van der Waals surface area contributed by atoms with Crippen molar-refractivity contribution in [1.82, 2.24) is 0 Å². The molecule has 0 atom stereocenters. The number of guanidine groups is 1. The maximum absolute atomic E-state index is 12.1. The summed E-state index contributed by atoms with van der Waals surface area (Å²) in [6.45, 7) is 0.206. The van der Waals surface area contributed by atoms with Gasteiger partial charge in [0, 0.05) is 11.9 Å². The first-order chi connectivity index (χ1) is 12.0. The molecule has 140 valence electrons. The predicted octanol–water partition coefficient (Wildman–Crippen LogP) is 2.92. The highest BCUT2D eigenvalue weighted by molar-refractivity contribution is 7.90. The number of anilines is 1. The number of ether oxygens (including phenoxy) is 1. The van der Waals surface area contributed by atoms with Gasteiger partial charge in [0.05, 0.1) is 11.4 Å². The van der Waals surface area contributed by atoms with Crippen LogP contribution in [0.2, 0.25) is 0 Å². The third kappa shape index (κ3) is 6.28. The van der Waals surface area contributed by atoms with Gasteiger partial charge < -0.3 is 15.8 Å². The number of hydrogen-bond acceptors (Lipinski definition) is 4. The minimum absolute atomic E-state index is 0.0571. The Hall–Kier alpha value is -2.75. The van der Waals surface area contributed by atoms with E-state index in [4.69, 9.17) is 5.73 Å². The van der Waals surface area contributed by atoms with Crippen molar-refractivity contribution < 1.29 is 26.3 Å². The van der Waals surface area contributed by atoms with Gasteiger partial charge in [-0.1, -0.05) is 12.1 Å². The summed E-state index contributed by atoms with van der Waals surface area (Å²) >= 11 is 0. The summed E-state index contributed by atoms with van der Waals surface area (Å²) < 4.78 is 62.8. The van der Waals surface area contributed by atoms with Crippen LogP contribution in [0.15, 0.2) is 58.4 Å². The molecule has 0 radical (unpaired) electrons. The molecule has 0 saturated carbocycles. The molecule has 2 aromatic rings. The van der Waals surface area contributed by atoms with E-state index < -0.39 is 16.2 Å². The Morgan fingerprint density at radius 2 is 1.69 bits per heavy atom. The molecule has 0 spiro atoms. The van der Waals surface area contributed by atoms with Crippen molar-refractivity contribution in [3.63, 3.8) is 0 Å². The van der Waals surface area contributed by atoms with Gasteiger partial charge in [-0.15, -0.1) is 13.2 Å². The van der Waals surface area contributed by atoms with Crippen molar-refractivity contribution in [2.45, 2.75) is 17.8 Å². The van der Waals surface area contributed by atoms with Crippen molar-refractivity contribution in [2.75, 3.05) is 11.6 Å². The van der Waals surface area contributed by atoms with Gasteiger partial charge in [-0.25, -0.2) is 13.4 Å². The van der Waals surface area contributed by atoms with Crippen LogP contribution >= 0.6 is 0 Å². The summed E-state index contributed by atoms with van der Waals surface area (Å²) in [6, 6.07) is 11.2. The average molecular weight is 387 g/mol. The van der Waals surface area contributed by atoms with E-state index >= 15 is 0 Å². The zero-order chi connectivity index (χ0) is 19.4. The molecular formula is C16H16F3N3O3S. The second-order valence-corrected chi connectivity index (χ2v) is 7.33. The molecule has 0 aliphatic carbocycles. The monoisotopic (exact) mass is 387 g/mol. The second-order valence-electron chi connectivity index (χ2n) is 5.31. The van der Waals surface area contributed by atoms with Crippen LogP contribution in [-0.4, -0.2) is 27.0 Å². The number of nitrogens with two attached hydrogens (primary N) is 1. The first kappa shape index (κ1) is 19.6. The van der Waals surface area contributed by atoms with E-state index in [9.17, 15) is 21.6 Å². The smallest absolute Gasteiger partial charge is 0.406 e. The SMILES string of the molecule is CS(=O)(=O)c1ccc(CN=C(N)Nc2ccc(OC(F)(F)F)cc2)cc1. The summed E-state index contributed by atoms with van der Waals surface area (Å²) in [5.74, 6) is -0.286. The van der Waals surface area contributed by atoms with Crippen LogP contribution in [-0.2, 0) is 16.4 Å². The standard InChI is InChI=1S/C16H16F3N3O3S/c1-26(23,24)14-8-2-11(3-9-14)10-21-15(20)22-12-4-6-13(7-5-12)25-16(17,18)19/h2-9H,10H2,1H3,(H3,20,21,22). The zero-order valence-corrected chi connectivity index (χ0v) is 14.4. The summed E-state index contributed by atoms with van der Waals surface area (Å²) in [7, 11) is -3.26. The van der Waals surface area contributed by atoms with Crippen LogP contribution < -0.4 is 15.8 Å². The van der Waals surface area contributed by atoms with E-state index in [0.29, 0.717) is 5.69 Å². The van der Waals surface area contributed by atoms with Gasteiger partial charge >= 0.3 is 6.36 Å². The van der Waals surface area contributed by atoms with Crippen molar-refractivity contribution in [3.8, 4) is 5.75 Å². The van der Waals surface area contributed by atoms with E-state index in [2.05, 4.69) is 15.0 Å². The molecule has 2 aromatic carbocycles. The summed E-state index contributed by atoms with van der Waals surface area (Å²) in [4.78, 5) is 4.29. The Bertz CT molecular complexity index is 878. The molecule has 6 nitrogen and oxygen atoms in total. The number of halogens is 3. The molecule has 0 aliphatic heterocycles. The lowest BCUT2D eigenvalue weighted by molar-refractivity contribution is -0.274. The van der Waals surface area contributed by atoms with Crippen LogP contribution in [0.1, 0.15) is 5.56 Å². The Balaban J connectivity index is 1.96. The van der Waals surface area contributed by atoms with Gasteiger partial charge in [0.2, 0.25) is 0 Å². The van der Waals surface area contributed by atoms with Gasteiger partial charge in [-0.2, -0.15) is 0 Å². The lowest BCUT2D eigenvalue weighted by Crippen LogP contribution is -2.22. The molecule has 0 saturated heterocycles. The lowest BCUT2D eigenvalue weighted by Gasteiger charge is -2.10. The fourth-order valence-electron chi connectivity index (χ4n) is 1.95. The highest BCUT2D eigenvalue weighted by Crippen LogP contribution is 2.23. The molecule has 3 N–H and O–H groups in total. The van der Waals surface area contributed by atoms with Crippen LogP contribution in [0, 0.1) is 0 Å². The molecular weight excluding hydrogens is 371 g/mol. The Morgan fingerprint density at radius 1 is 1.12 bits per heavy atom. The normalized spacial score (nSPS) is 12.7. The quantitative estimate of drug-likeness (QED) is 0.608. The number of rotatable bonds is 5. The Labute approximate surface area is 148 Å². The van der Waals surface area contributed by atoms with Crippen LogP contribution in [0.3, 0.4) is 0 Å². The van der Waals surface area contributed by atoms with Gasteiger partial charge in [0.25, 0.3) is 0 Å². The number of sulfone groups is 1. The van der Waals surface area contributed by atoms with Crippen molar-refractivity contribution >= 4 is 21.5 Å².